The monoisotopic (exact) mass is 543 g/mol. The average molecular weight is 544 g/mol. The molecule has 2 aromatic rings. The highest BCUT2D eigenvalue weighted by Gasteiger charge is 2.44. The molecule has 0 heterocycles. The van der Waals surface area contributed by atoms with Crippen LogP contribution >= 0.6 is 39.9 Å². The van der Waals surface area contributed by atoms with Crippen LogP contribution in [0.5, 0.6) is 0 Å². The van der Waals surface area contributed by atoms with Gasteiger partial charge in [0.05, 0.1) is 13.2 Å². The molecule has 1 fully saturated rings. The van der Waals surface area contributed by atoms with Crippen molar-refractivity contribution in [2.24, 2.45) is 4.99 Å². The highest BCUT2D eigenvalue weighted by Crippen LogP contribution is 2.48. The van der Waals surface area contributed by atoms with Crippen molar-refractivity contribution in [3.63, 3.8) is 0 Å². The molecule has 1 aliphatic rings. The van der Waals surface area contributed by atoms with E-state index in [9.17, 15) is 5.11 Å². The van der Waals surface area contributed by atoms with E-state index in [-0.39, 0.29) is 36.0 Å². The van der Waals surface area contributed by atoms with Crippen LogP contribution in [0.25, 0.3) is 0 Å². The third kappa shape index (κ3) is 5.93. The number of benzene rings is 2. The van der Waals surface area contributed by atoms with Crippen molar-refractivity contribution >= 4 is 45.9 Å². The second kappa shape index (κ2) is 10.4. The lowest BCUT2D eigenvalue weighted by molar-refractivity contribution is 0.280. The highest BCUT2D eigenvalue weighted by molar-refractivity contribution is 14.0. The molecule has 0 aliphatic heterocycles. The molecule has 3 rings (SSSR count). The van der Waals surface area contributed by atoms with Crippen LogP contribution < -0.4 is 10.6 Å². The normalized spacial score (nSPS) is 15.0. The number of hydrogen-bond acceptors (Lipinski definition) is 2. The topological polar surface area (TPSA) is 56.7 Å². The largest absolute Gasteiger partial charge is 0.392 e. The van der Waals surface area contributed by atoms with Crippen LogP contribution in [0.4, 0.5) is 0 Å². The van der Waals surface area contributed by atoms with Crippen LogP contribution in [0.15, 0.2) is 58.0 Å². The van der Waals surface area contributed by atoms with Gasteiger partial charge in [0.15, 0.2) is 5.96 Å². The van der Waals surface area contributed by atoms with Crippen LogP contribution in [0.2, 0.25) is 0 Å². The molecule has 6 heteroatoms. The van der Waals surface area contributed by atoms with Crippen molar-refractivity contribution in [2.75, 3.05) is 13.1 Å². The maximum Gasteiger partial charge on any atom is 0.191 e. The summed E-state index contributed by atoms with van der Waals surface area (Å²) in [5.74, 6) is 0.821. The van der Waals surface area contributed by atoms with Gasteiger partial charge in [0.2, 0.25) is 0 Å². The Morgan fingerprint density at radius 1 is 1.11 bits per heavy atom. The van der Waals surface area contributed by atoms with E-state index in [2.05, 4.69) is 57.8 Å². The van der Waals surface area contributed by atoms with Crippen molar-refractivity contribution in [3.05, 3.63) is 69.7 Å². The third-order valence-electron chi connectivity index (χ3n) is 4.93. The van der Waals surface area contributed by atoms with Gasteiger partial charge in [0, 0.05) is 23.0 Å². The first-order valence-electron chi connectivity index (χ1n) is 9.13. The summed E-state index contributed by atoms with van der Waals surface area (Å²) in [6.45, 7) is 4.35. The predicted molar refractivity (Wildman–Crippen MR) is 126 cm³/mol. The molecule has 146 valence electrons. The fourth-order valence-corrected chi connectivity index (χ4v) is 3.56. The minimum absolute atomic E-state index is 0. The molecule has 1 aliphatic carbocycles. The molecule has 0 unspecified atom stereocenters. The third-order valence-corrected chi connectivity index (χ3v) is 5.42. The van der Waals surface area contributed by atoms with Gasteiger partial charge in [-0.05, 0) is 48.6 Å². The number of guanidine groups is 1. The Bertz CT molecular complexity index is 778. The number of aliphatic imine (C=N–C) groups is 1. The molecule has 3 N–H and O–H groups in total. The summed E-state index contributed by atoms with van der Waals surface area (Å²) in [5, 5.41) is 16.3. The van der Waals surface area contributed by atoms with Gasteiger partial charge < -0.3 is 15.7 Å². The molecule has 27 heavy (non-hydrogen) atoms. The van der Waals surface area contributed by atoms with E-state index in [1.807, 2.05) is 24.3 Å². The second-order valence-electron chi connectivity index (χ2n) is 6.77. The Morgan fingerprint density at radius 3 is 2.48 bits per heavy atom. The minimum atomic E-state index is 0. The van der Waals surface area contributed by atoms with E-state index >= 15 is 0 Å². The summed E-state index contributed by atoms with van der Waals surface area (Å²) in [6.07, 6.45) is 2.40. The van der Waals surface area contributed by atoms with Crippen LogP contribution in [0, 0.1) is 0 Å². The van der Waals surface area contributed by atoms with Gasteiger partial charge in [0.25, 0.3) is 0 Å². The molecule has 0 spiro atoms. The van der Waals surface area contributed by atoms with Crippen molar-refractivity contribution in [3.8, 4) is 0 Å². The molecule has 0 bridgehead atoms. The molecule has 0 amide bonds. The van der Waals surface area contributed by atoms with E-state index < -0.39 is 0 Å². The zero-order valence-corrected chi connectivity index (χ0v) is 19.5. The van der Waals surface area contributed by atoms with Gasteiger partial charge in [-0.15, -0.1) is 24.0 Å². The van der Waals surface area contributed by atoms with Crippen LogP contribution in [-0.4, -0.2) is 24.2 Å². The lowest BCUT2D eigenvalue weighted by Gasteiger charge is -2.19. The van der Waals surface area contributed by atoms with Crippen LogP contribution in [-0.2, 0) is 18.6 Å². The SMILES string of the molecule is CCNC(=NCc1ccccc1CO)NCC1(c2cccc(Br)c2)CC1.I. The highest BCUT2D eigenvalue weighted by atomic mass is 127. The Balaban J connectivity index is 0.00000261. The number of aliphatic hydroxyl groups excluding tert-OH is 1. The Morgan fingerprint density at radius 2 is 1.85 bits per heavy atom. The van der Waals surface area contributed by atoms with Crippen LogP contribution in [0.3, 0.4) is 0 Å². The quantitative estimate of drug-likeness (QED) is 0.276. The molecule has 0 saturated heterocycles. The molecular weight excluding hydrogens is 517 g/mol. The molecule has 0 radical (unpaired) electrons. The first kappa shape index (κ1) is 22.2. The summed E-state index contributed by atoms with van der Waals surface area (Å²) in [4.78, 5) is 4.71. The number of halogens is 2. The zero-order valence-electron chi connectivity index (χ0n) is 15.5. The molecule has 2 aromatic carbocycles. The van der Waals surface area contributed by atoms with E-state index in [1.165, 1.54) is 18.4 Å². The number of nitrogens with zero attached hydrogens (tertiary/aromatic N) is 1. The smallest absolute Gasteiger partial charge is 0.191 e. The van der Waals surface area contributed by atoms with Gasteiger partial charge in [-0.1, -0.05) is 52.3 Å². The predicted octanol–water partition coefficient (Wildman–Crippen LogP) is 4.35. The van der Waals surface area contributed by atoms with Crippen LogP contribution in [0.1, 0.15) is 36.5 Å². The van der Waals surface area contributed by atoms with Gasteiger partial charge in [0.1, 0.15) is 0 Å². The van der Waals surface area contributed by atoms with Gasteiger partial charge in [-0.2, -0.15) is 0 Å². The fraction of sp³-hybridized carbons (Fsp3) is 0.381. The Labute approximate surface area is 187 Å². The minimum Gasteiger partial charge on any atom is -0.392 e. The summed E-state index contributed by atoms with van der Waals surface area (Å²) in [7, 11) is 0. The molecule has 4 nitrogen and oxygen atoms in total. The first-order chi connectivity index (χ1) is 12.7. The van der Waals surface area contributed by atoms with E-state index in [1.54, 1.807) is 0 Å². The summed E-state index contributed by atoms with van der Waals surface area (Å²) >= 11 is 3.57. The standard InChI is InChI=1S/C21H26BrN3O.HI/c1-2-23-20(24-13-16-6-3-4-7-17(16)14-26)25-15-21(10-11-21)18-8-5-9-19(22)12-18;/h3-9,12,26H,2,10-11,13-15H2,1H3,(H2,23,24,25);1H. The number of aliphatic hydroxyl groups is 1. The summed E-state index contributed by atoms with van der Waals surface area (Å²) < 4.78 is 1.13. The second-order valence-corrected chi connectivity index (χ2v) is 7.68. The average Bonchev–Trinajstić information content (AvgIpc) is 3.45. The number of nitrogens with one attached hydrogen (secondary N) is 2. The van der Waals surface area contributed by atoms with Crippen molar-refractivity contribution in [1.29, 1.82) is 0 Å². The molecule has 0 atom stereocenters. The maximum atomic E-state index is 9.47. The maximum absolute atomic E-state index is 9.47. The first-order valence-corrected chi connectivity index (χ1v) is 9.92. The lowest BCUT2D eigenvalue weighted by Crippen LogP contribution is -2.41. The zero-order chi connectivity index (χ0) is 18.4. The summed E-state index contributed by atoms with van der Waals surface area (Å²) in [5.41, 5.74) is 3.57. The van der Waals surface area contributed by atoms with E-state index in [0.717, 1.165) is 34.6 Å². The van der Waals surface area contributed by atoms with Crippen molar-refractivity contribution in [2.45, 2.75) is 38.3 Å². The van der Waals surface area contributed by atoms with Crippen molar-refractivity contribution < 1.29 is 5.11 Å². The number of hydrogen-bond donors (Lipinski definition) is 3. The van der Waals surface area contributed by atoms with Gasteiger partial charge >= 0.3 is 0 Å². The number of rotatable bonds is 7. The molecular formula is C21H27BrIN3O. The lowest BCUT2D eigenvalue weighted by atomic mass is 9.96. The molecule has 1 saturated carbocycles. The van der Waals surface area contributed by atoms with E-state index in [4.69, 9.17) is 4.99 Å². The Kier molecular flexibility index (Phi) is 8.57. The van der Waals surface area contributed by atoms with Crippen molar-refractivity contribution in [1.82, 2.24) is 10.6 Å². The van der Waals surface area contributed by atoms with E-state index in [0.29, 0.717) is 6.54 Å². The summed E-state index contributed by atoms with van der Waals surface area (Å²) in [6, 6.07) is 16.5. The van der Waals surface area contributed by atoms with Gasteiger partial charge in [-0.3, -0.25) is 0 Å². The van der Waals surface area contributed by atoms with Gasteiger partial charge in [-0.25, -0.2) is 4.99 Å². The Hall–Kier alpha value is -1.12. The molecule has 0 aromatic heterocycles. The fourth-order valence-electron chi connectivity index (χ4n) is 3.16.